The fourth-order valence-electron chi connectivity index (χ4n) is 0.949. The Morgan fingerprint density at radius 3 is 2.57 bits per heavy atom. The van der Waals surface area contributed by atoms with Gasteiger partial charge in [0.05, 0.1) is 11.3 Å². The summed E-state index contributed by atoms with van der Waals surface area (Å²) in [6.45, 7) is 1.13. The van der Waals surface area contributed by atoms with Gasteiger partial charge in [0.2, 0.25) is 0 Å². The molecule has 0 bridgehead atoms. The average Bonchev–Trinajstić information content (AvgIpc) is 2.08. The standard InChI is InChI=1S/C8H6F3NO2/c1-3-6(9)4(8(13)14)2-5(12-3)7(10)11/h2,7H,1H3,(H,13,14). The van der Waals surface area contributed by atoms with Crippen LogP contribution in [0.25, 0.3) is 0 Å². The molecule has 0 aliphatic rings. The second-order valence-electron chi connectivity index (χ2n) is 2.60. The van der Waals surface area contributed by atoms with Crippen molar-refractivity contribution in [3.8, 4) is 0 Å². The number of hydrogen-bond donors (Lipinski definition) is 1. The zero-order valence-electron chi connectivity index (χ0n) is 7.09. The monoisotopic (exact) mass is 205 g/mol. The zero-order chi connectivity index (χ0) is 10.9. The highest BCUT2D eigenvalue weighted by Crippen LogP contribution is 2.20. The molecule has 0 aromatic carbocycles. The van der Waals surface area contributed by atoms with E-state index in [0.29, 0.717) is 6.07 Å². The van der Waals surface area contributed by atoms with E-state index in [4.69, 9.17) is 5.11 Å². The molecule has 1 N–H and O–H groups in total. The highest BCUT2D eigenvalue weighted by atomic mass is 19.3. The molecule has 14 heavy (non-hydrogen) atoms. The summed E-state index contributed by atoms with van der Waals surface area (Å²) in [6, 6.07) is 0.537. The van der Waals surface area contributed by atoms with Gasteiger partial charge in [-0.3, -0.25) is 0 Å². The van der Waals surface area contributed by atoms with E-state index in [1.165, 1.54) is 0 Å². The van der Waals surface area contributed by atoms with Gasteiger partial charge < -0.3 is 5.11 Å². The average molecular weight is 205 g/mol. The number of halogens is 3. The van der Waals surface area contributed by atoms with Gasteiger partial charge in [-0.15, -0.1) is 0 Å². The first kappa shape index (κ1) is 10.5. The number of alkyl halides is 2. The van der Waals surface area contributed by atoms with E-state index in [-0.39, 0.29) is 5.69 Å². The van der Waals surface area contributed by atoms with Crippen molar-refractivity contribution >= 4 is 5.97 Å². The number of pyridine rings is 1. The molecule has 1 heterocycles. The summed E-state index contributed by atoms with van der Waals surface area (Å²) in [7, 11) is 0. The molecule has 76 valence electrons. The number of nitrogens with zero attached hydrogens (tertiary/aromatic N) is 1. The highest BCUT2D eigenvalue weighted by Gasteiger charge is 2.19. The van der Waals surface area contributed by atoms with Crippen LogP contribution in [0.1, 0.15) is 28.2 Å². The van der Waals surface area contributed by atoms with Crippen molar-refractivity contribution in [1.82, 2.24) is 4.98 Å². The second-order valence-corrected chi connectivity index (χ2v) is 2.60. The van der Waals surface area contributed by atoms with Crippen LogP contribution in [0.2, 0.25) is 0 Å². The first-order chi connectivity index (χ1) is 6.43. The Kier molecular flexibility index (Phi) is 2.73. The van der Waals surface area contributed by atoms with Crippen LogP contribution in [0, 0.1) is 12.7 Å². The minimum atomic E-state index is -2.91. The number of carboxylic acids is 1. The number of aromatic nitrogens is 1. The van der Waals surface area contributed by atoms with E-state index in [1.54, 1.807) is 0 Å². The minimum Gasteiger partial charge on any atom is -0.478 e. The fraction of sp³-hybridized carbons (Fsp3) is 0.250. The largest absolute Gasteiger partial charge is 0.478 e. The van der Waals surface area contributed by atoms with E-state index in [1.807, 2.05) is 0 Å². The fourth-order valence-corrected chi connectivity index (χ4v) is 0.949. The van der Waals surface area contributed by atoms with E-state index in [9.17, 15) is 18.0 Å². The summed E-state index contributed by atoms with van der Waals surface area (Å²) in [5.41, 5.74) is -1.87. The van der Waals surface area contributed by atoms with E-state index >= 15 is 0 Å². The summed E-state index contributed by atoms with van der Waals surface area (Å²) in [6.07, 6.45) is -2.91. The van der Waals surface area contributed by atoms with Gasteiger partial charge in [-0.1, -0.05) is 0 Å². The topological polar surface area (TPSA) is 50.2 Å². The summed E-state index contributed by atoms with van der Waals surface area (Å²) >= 11 is 0. The molecule has 1 rings (SSSR count). The van der Waals surface area contributed by atoms with Crippen molar-refractivity contribution in [2.45, 2.75) is 13.3 Å². The molecule has 0 radical (unpaired) electrons. The molecule has 1 aromatic rings. The Bertz CT molecular complexity index is 379. The number of aromatic carboxylic acids is 1. The maximum atomic E-state index is 13.0. The van der Waals surface area contributed by atoms with Crippen LogP contribution < -0.4 is 0 Å². The third-order valence-corrected chi connectivity index (χ3v) is 1.60. The summed E-state index contributed by atoms with van der Waals surface area (Å²) in [5, 5.41) is 8.48. The lowest BCUT2D eigenvalue weighted by Gasteiger charge is -2.04. The quantitative estimate of drug-likeness (QED) is 0.804. The van der Waals surface area contributed by atoms with Crippen molar-refractivity contribution < 1.29 is 23.1 Å². The SMILES string of the molecule is Cc1nc(C(F)F)cc(C(=O)O)c1F. The lowest BCUT2D eigenvalue weighted by Crippen LogP contribution is -2.07. The molecule has 0 fully saturated rings. The molecular formula is C8H6F3NO2. The summed E-state index contributed by atoms with van der Waals surface area (Å²) in [5.74, 6) is -2.67. The number of carboxylic acid groups (broad SMARTS) is 1. The predicted octanol–water partition coefficient (Wildman–Crippen LogP) is 2.16. The zero-order valence-corrected chi connectivity index (χ0v) is 7.09. The van der Waals surface area contributed by atoms with Gasteiger partial charge in [-0.2, -0.15) is 0 Å². The molecule has 0 amide bonds. The van der Waals surface area contributed by atoms with Gasteiger partial charge in [-0.25, -0.2) is 22.9 Å². The van der Waals surface area contributed by atoms with Crippen LogP contribution in [0.5, 0.6) is 0 Å². The normalized spacial score (nSPS) is 10.6. The van der Waals surface area contributed by atoms with E-state index in [0.717, 1.165) is 6.92 Å². The third kappa shape index (κ3) is 1.84. The van der Waals surface area contributed by atoms with Crippen molar-refractivity contribution in [3.63, 3.8) is 0 Å². The van der Waals surface area contributed by atoms with Gasteiger partial charge >= 0.3 is 5.97 Å². The van der Waals surface area contributed by atoms with E-state index in [2.05, 4.69) is 4.98 Å². The Hall–Kier alpha value is -1.59. The van der Waals surface area contributed by atoms with E-state index < -0.39 is 29.5 Å². The molecule has 0 aliphatic heterocycles. The molecule has 0 saturated carbocycles. The van der Waals surface area contributed by atoms with Crippen LogP contribution in [0.4, 0.5) is 13.2 Å². The molecule has 0 atom stereocenters. The maximum Gasteiger partial charge on any atom is 0.338 e. The van der Waals surface area contributed by atoms with Crippen molar-refractivity contribution in [2.75, 3.05) is 0 Å². The van der Waals surface area contributed by atoms with Crippen LogP contribution in [-0.2, 0) is 0 Å². The Balaban J connectivity index is 3.35. The molecule has 6 heteroatoms. The van der Waals surface area contributed by atoms with Gasteiger partial charge in [-0.05, 0) is 13.0 Å². The number of aryl methyl sites for hydroxylation is 1. The molecule has 1 aromatic heterocycles. The molecule has 3 nitrogen and oxygen atoms in total. The van der Waals surface area contributed by atoms with Crippen LogP contribution in [0.3, 0.4) is 0 Å². The first-order valence-electron chi connectivity index (χ1n) is 3.62. The van der Waals surface area contributed by atoms with Crippen molar-refractivity contribution in [1.29, 1.82) is 0 Å². The van der Waals surface area contributed by atoms with Crippen LogP contribution in [-0.4, -0.2) is 16.1 Å². The summed E-state index contributed by atoms with van der Waals surface area (Å²) in [4.78, 5) is 13.7. The maximum absolute atomic E-state index is 13.0. The lowest BCUT2D eigenvalue weighted by atomic mass is 10.2. The number of rotatable bonds is 2. The van der Waals surface area contributed by atoms with Crippen LogP contribution >= 0.6 is 0 Å². The minimum absolute atomic E-state index is 0.347. The Morgan fingerprint density at radius 1 is 1.57 bits per heavy atom. The Labute approximate surface area is 77.2 Å². The molecular weight excluding hydrogens is 199 g/mol. The van der Waals surface area contributed by atoms with Crippen LogP contribution in [0.15, 0.2) is 6.07 Å². The van der Waals surface area contributed by atoms with Gasteiger partial charge in [0, 0.05) is 0 Å². The molecule has 0 aliphatic carbocycles. The smallest absolute Gasteiger partial charge is 0.338 e. The van der Waals surface area contributed by atoms with Gasteiger partial charge in [0.25, 0.3) is 6.43 Å². The first-order valence-corrected chi connectivity index (χ1v) is 3.62. The van der Waals surface area contributed by atoms with Crippen molar-refractivity contribution in [2.24, 2.45) is 0 Å². The summed E-state index contributed by atoms with van der Waals surface area (Å²) < 4.78 is 37.3. The Morgan fingerprint density at radius 2 is 2.14 bits per heavy atom. The third-order valence-electron chi connectivity index (χ3n) is 1.60. The lowest BCUT2D eigenvalue weighted by molar-refractivity contribution is 0.0690. The van der Waals surface area contributed by atoms with Gasteiger partial charge in [0.15, 0.2) is 5.82 Å². The molecule has 0 unspecified atom stereocenters. The number of hydrogen-bond acceptors (Lipinski definition) is 2. The molecule has 0 saturated heterocycles. The highest BCUT2D eigenvalue weighted by molar-refractivity contribution is 5.88. The van der Waals surface area contributed by atoms with Gasteiger partial charge in [0.1, 0.15) is 5.69 Å². The predicted molar refractivity (Wildman–Crippen MR) is 40.8 cm³/mol. The second kappa shape index (κ2) is 3.65. The molecule has 0 spiro atoms. The van der Waals surface area contributed by atoms with Crippen molar-refractivity contribution in [3.05, 3.63) is 28.8 Å². The number of carbonyl (C=O) groups is 1.